The predicted octanol–water partition coefficient (Wildman–Crippen LogP) is 3.96. The Balaban J connectivity index is 1.68. The first-order valence-corrected chi connectivity index (χ1v) is 7.68. The van der Waals surface area contributed by atoms with Crippen LogP contribution in [0.3, 0.4) is 0 Å². The number of hydrogen-bond donors (Lipinski definition) is 0. The molecular formula is C15H23NS. The highest BCUT2D eigenvalue weighted by molar-refractivity contribution is 7.99. The predicted molar refractivity (Wildman–Crippen MR) is 76.8 cm³/mol. The number of rotatable bonds is 5. The van der Waals surface area contributed by atoms with Crippen molar-refractivity contribution < 1.29 is 0 Å². The van der Waals surface area contributed by atoms with Gasteiger partial charge in [0.2, 0.25) is 0 Å². The molecule has 1 aromatic carbocycles. The summed E-state index contributed by atoms with van der Waals surface area (Å²) in [6.07, 6.45) is 4.10. The van der Waals surface area contributed by atoms with Gasteiger partial charge in [-0.1, -0.05) is 18.2 Å². The Morgan fingerprint density at radius 2 is 2.18 bits per heavy atom. The molecule has 2 heteroatoms. The first-order valence-electron chi connectivity index (χ1n) is 6.70. The first-order chi connectivity index (χ1) is 8.27. The molecule has 0 amide bonds. The maximum atomic E-state index is 2.64. The average molecular weight is 249 g/mol. The molecule has 1 unspecified atom stereocenters. The minimum Gasteiger partial charge on any atom is -0.301 e. The van der Waals surface area contributed by atoms with Crippen molar-refractivity contribution in [1.29, 1.82) is 0 Å². The molecule has 17 heavy (non-hydrogen) atoms. The van der Waals surface area contributed by atoms with Gasteiger partial charge in [0, 0.05) is 10.9 Å². The maximum absolute atomic E-state index is 2.64. The Labute approximate surface area is 110 Å². The van der Waals surface area contributed by atoms with Gasteiger partial charge in [0.05, 0.1) is 0 Å². The van der Waals surface area contributed by atoms with Crippen LogP contribution in [0.4, 0.5) is 0 Å². The molecule has 0 N–H and O–H groups in total. The van der Waals surface area contributed by atoms with Crippen LogP contribution in [0.25, 0.3) is 0 Å². The number of nitrogens with zero attached hydrogens (tertiary/aromatic N) is 1. The molecule has 0 saturated carbocycles. The lowest BCUT2D eigenvalue weighted by atomic mass is 10.2. The van der Waals surface area contributed by atoms with Crippen LogP contribution in [-0.4, -0.2) is 29.8 Å². The molecule has 1 saturated heterocycles. The zero-order valence-corrected chi connectivity index (χ0v) is 11.8. The quantitative estimate of drug-likeness (QED) is 0.574. The fourth-order valence-electron chi connectivity index (χ4n) is 2.49. The smallest absolute Gasteiger partial charge is 0.0101 e. The Hall–Kier alpha value is -0.470. The standard InChI is InChI=1S/C15H23NS/c1-13-7-3-4-9-15(13)17-12-6-11-16-10-5-8-14(16)2/h3-4,7,9,14H,5-6,8,10-12H2,1-2H3. The molecule has 0 bridgehead atoms. The zero-order chi connectivity index (χ0) is 12.1. The number of benzene rings is 1. The second kappa shape index (κ2) is 6.46. The SMILES string of the molecule is Cc1ccccc1SCCCN1CCCC1C. The van der Waals surface area contributed by atoms with Gasteiger partial charge in [-0.3, -0.25) is 0 Å². The lowest BCUT2D eigenvalue weighted by Crippen LogP contribution is -2.28. The van der Waals surface area contributed by atoms with Crippen molar-refractivity contribution in [3.05, 3.63) is 29.8 Å². The second-order valence-corrected chi connectivity index (χ2v) is 6.13. The molecule has 1 aliphatic rings. The van der Waals surface area contributed by atoms with Crippen molar-refractivity contribution >= 4 is 11.8 Å². The van der Waals surface area contributed by atoms with E-state index in [0.29, 0.717) is 0 Å². The van der Waals surface area contributed by atoms with Crippen LogP contribution in [0.2, 0.25) is 0 Å². The van der Waals surface area contributed by atoms with Crippen LogP contribution in [-0.2, 0) is 0 Å². The largest absolute Gasteiger partial charge is 0.301 e. The van der Waals surface area contributed by atoms with E-state index in [9.17, 15) is 0 Å². The van der Waals surface area contributed by atoms with E-state index in [4.69, 9.17) is 0 Å². The molecule has 1 aromatic rings. The topological polar surface area (TPSA) is 3.24 Å². The summed E-state index contributed by atoms with van der Waals surface area (Å²) < 4.78 is 0. The molecule has 94 valence electrons. The van der Waals surface area contributed by atoms with Gasteiger partial charge >= 0.3 is 0 Å². The zero-order valence-electron chi connectivity index (χ0n) is 11.0. The van der Waals surface area contributed by atoms with E-state index >= 15 is 0 Å². The summed E-state index contributed by atoms with van der Waals surface area (Å²) in [7, 11) is 0. The Kier molecular flexibility index (Phi) is 4.93. The van der Waals surface area contributed by atoms with Gasteiger partial charge in [-0.05, 0) is 63.6 Å². The minimum absolute atomic E-state index is 0.818. The van der Waals surface area contributed by atoms with Gasteiger partial charge in [0.15, 0.2) is 0 Å². The Morgan fingerprint density at radius 3 is 2.88 bits per heavy atom. The lowest BCUT2D eigenvalue weighted by molar-refractivity contribution is 0.270. The molecule has 1 heterocycles. The van der Waals surface area contributed by atoms with Crippen molar-refractivity contribution in [2.24, 2.45) is 0 Å². The van der Waals surface area contributed by atoms with E-state index in [1.165, 1.54) is 48.6 Å². The minimum atomic E-state index is 0.818. The summed E-state index contributed by atoms with van der Waals surface area (Å²) >= 11 is 2.00. The fourth-order valence-corrected chi connectivity index (χ4v) is 3.46. The molecule has 0 aromatic heterocycles. The maximum Gasteiger partial charge on any atom is 0.0101 e. The van der Waals surface area contributed by atoms with Gasteiger partial charge in [0.1, 0.15) is 0 Å². The molecule has 2 rings (SSSR count). The van der Waals surface area contributed by atoms with E-state index < -0.39 is 0 Å². The van der Waals surface area contributed by atoms with Gasteiger partial charge in [-0.25, -0.2) is 0 Å². The number of likely N-dealkylation sites (tertiary alicyclic amines) is 1. The van der Waals surface area contributed by atoms with Crippen LogP contribution >= 0.6 is 11.8 Å². The van der Waals surface area contributed by atoms with Gasteiger partial charge in [-0.2, -0.15) is 0 Å². The molecule has 0 radical (unpaired) electrons. The van der Waals surface area contributed by atoms with E-state index in [0.717, 1.165) is 6.04 Å². The van der Waals surface area contributed by atoms with Crippen LogP contribution in [0.5, 0.6) is 0 Å². The Bertz CT molecular complexity index is 351. The molecule has 0 aliphatic carbocycles. The summed E-state index contributed by atoms with van der Waals surface area (Å²) in [6.45, 7) is 7.16. The van der Waals surface area contributed by atoms with E-state index in [1.54, 1.807) is 0 Å². The third-order valence-electron chi connectivity index (χ3n) is 3.63. The van der Waals surface area contributed by atoms with E-state index in [-0.39, 0.29) is 0 Å². The van der Waals surface area contributed by atoms with Crippen molar-refractivity contribution in [2.75, 3.05) is 18.8 Å². The summed E-state index contributed by atoms with van der Waals surface area (Å²) in [5.41, 5.74) is 1.41. The van der Waals surface area contributed by atoms with Crippen molar-refractivity contribution in [1.82, 2.24) is 4.90 Å². The van der Waals surface area contributed by atoms with Gasteiger partial charge in [-0.15, -0.1) is 11.8 Å². The fraction of sp³-hybridized carbons (Fsp3) is 0.600. The molecule has 1 nitrogen and oxygen atoms in total. The normalized spacial score (nSPS) is 20.9. The highest BCUT2D eigenvalue weighted by Crippen LogP contribution is 2.23. The van der Waals surface area contributed by atoms with Crippen LogP contribution in [0, 0.1) is 6.92 Å². The average Bonchev–Trinajstić information content (AvgIpc) is 2.73. The highest BCUT2D eigenvalue weighted by atomic mass is 32.2. The number of thioether (sulfide) groups is 1. The van der Waals surface area contributed by atoms with Crippen LogP contribution < -0.4 is 0 Å². The van der Waals surface area contributed by atoms with E-state index in [1.807, 2.05) is 11.8 Å². The molecule has 0 spiro atoms. The monoisotopic (exact) mass is 249 g/mol. The molecule has 1 fully saturated rings. The number of hydrogen-bond acceptors (Lipinski definition) is 2. The van der Waals surface area contributed by atoms with Crippen molar-refractivity contribution in [3.8, 4) is 0 Å². The summed E-state index contributed by atoms with van der Waals surface area (Å²) in [5.74, 6) is 1.24. The second-order valence-electron chi connectivity index (χ2n) is 4.99. The summed E-state index contributed by atoms with van der Waals surface area (Å²) in [4.78, 5) is 4.08. The Morgan fingerprint density at radius 1 is 1.35 bits per heavy atom. The third-order valence-corrected chi connectivity index (χ3v) is 4.89. The lowest BCUT2D eigenvalue weighted by Gasteiger charge is -2.20. The van der Waals surface area contributed by atoms with Gasteiger partial charge < -0.3 is 4.90 Å². The van der Waals surface area contributed by atoms with Crippen LogP contribution in [0.1, 0.15) is 31.7 Å². The highest BCUT2D eigenvalue weighted by Gasteiger charge is 2.18. The van der Waals surface area contributed by atoms with Crippen molar-refractivity contribution in [3.63, 3.8) is 0 Å². The molecular weight excluding hydrogens is 226 g/mol. The first kappa shape index (κ1) is 13.0. The molecule has 1 aliphatic heterocycles. The third kappa shape index (κ3) is 3.75. The number of aryl methyl sites for hydroxylation is 1. The van der Waals surface area contributed by atoms with Crippen LogP contribution in [0.15, 0.2) is 29.2 Å². The van der Waals surface area contributed by atoms with Crippen molar-refractivity contribution in [2.45, 2.75) is 44.0 Å². The van der Waals surface area contributed by atoms with Gasteiger partial charge in [0.25, 0.3) is 0 Å². The summed E-state index contributed by atoms with van der Waals surface area (Å²) in [5, 5.41) is 0. The summed E-state index contributed by atoms with van der Waals surface area (Å²) in [6, 6.07) is 9.51. The van der Waals surface area contributed by atoms with E-state index in [2.05, 4.69) is 43.0 Å². The molecule has 1 atom stereocenters.